The SMILES string of the molecule is CCCN(C(=O)CN(C)CC(=O)Nc1ccc(F)cc1)C1=CCCC1. The van der Waals surface area contributed by atoms with Gasteiger partial charge >= 0.3 is 0 Å². The molecule has 0 aliphatic heterocycles. The molecule has 0 radical (unpaired) electrons. The zero-order valence-corrected chi connectivity index (χ0v) is 14.9. The van der Waals surface area contributed by atoms with E-state index in [0.29, 0.717) is 12.2 Å². The van der Waals surface area contributed by atoms with Gasteiger partial charge in [-0.1, -0.05) is 13.0 Å². The number of carbonyl (C=O) groups is 2. The van der Waals surface area contributed by atoms with Crippen LogP contribution in [0.25, 0.3) is 0 Å². The molecule has 5 nitrogen and oxygen atoms in total. The van der Waals surface area contributed by atoms with Crippen molar-refractivity contribution in [2.75, 3.05) is 32.0 Å². The molecular formula is C19H26FN3O2. The number of benzene rings is 1. The van der Waals surface area contributed by atoms with Gasteiger partial charge in [0.2, 0.25) is 11.8 Å². The molecule has 2 rings (SSSR count). The smallest absolute Gasteiger partial charge is 0.240 e. The molecule has 1 N–H and O–H groups in total. The van der Waals surface area contributed by atoms with Gasteiger partial charge in [-0.25, -0.2) is 4.39 Å². The first-order valence-corrected chi connectivity index (χ1v) is 8.73. The van der Waals surface area contributed by atoms with Crippen LogP contribution < -0.4 is 5.32 Å². The summed E-state index contributed by atoms with van der Waals surface area (Å²) < 4.78 is 12.9. The van der Waals surface area contributed by atoms with Crippen LogP contribution in [0.15, 0.2) is 36.0 Å². The number of hydrogen-bond acceptors (Lipinski definition) is 3. The maximum atomic E-state index is 12.9. The van der Waals surface area contributed by atoms with Crippen molar-refractivity contribution in [2.45, 2.75) is 32.6 Å². The summed E-state index contributed by atoms with van der Waals surface area (Å²) in [7, 11) is 1.75. The summed E-state index contributed by atoms with van der Waals surface area (Å²) in [6.45, 7) is 3.05. The Morgan fingerprint density at radius 3 is 2.52 bits per heavy atom. The lowest BCUT2D eigenvalue weighted by Crippen LogP contribution is -2.41. The summed E-state index contributed by atoms with van der Waals surface area (Å²) in [6.07, 6.45) is 6.10. The van der Waals surface area contributed by atoms with Crippen molar-refractivity contribution in [1.82, 2.24) is 9.80 Å². The van der Waals surface area contributed by atoms with Crippen LogP contribution in [0.3, 0.4) is 0 Å². The number of carbonyl (C=O) groups excluding carboxylic acids is 2. The predicted octanol–water partition coefficient (Wildman–Crippen LogP) is 3.00. The van der Waals surface area contributed by atoms with E-state index in [2.05, 4.69) is 18.3 Å². The number of nitrogens with zero attached hydrogens (tertiary/aromatic N) is 2. The Labute approximate surface area is 148 Å². The molecule has 0 fully saturated rings. The van der Waals surface area contributed by atoms with Crippen LogP contribution in [-0.2, 0) is 9.59 Å². The van der Waals surface area contributed by atoms with Crippen molar-refractivity contribution in [3.8, 4) is 0 Å². The van der Waals surface area contributed by atoms with Gasteiger partial charge in [0.1, 0.15) is 5.82 Å². The van der Waals surface area contributed by atoms with Gasteiger partial charge in [0.15, 0.2) is 0 Å². The van der Waals surface area contributed by atoms with Crippen molar-refractivity contribution >= 4 is 17.5 Å². The van der Waals surface area contributed by atoms with Gasteiger partial charge in [-0.15, -0.1) is 0 Å². The zero-order valence-electron chi connectivity index (χ0n) is 14.9. The molecule has 0 saturated heterocycles. The fraction of sp³-hybridized carbons (Fsp3) is 0.474. The Morgan fingerprint density at radius 2 is 1.92 bits per heavy atom. The van der Waals surface area contributed by atoms with Crippen LogP contribution in [0.2, 0.25) is 0 Å². The van der Waals surface area contributed by atoms with Gasteiger partial charge in [0.25, 0.3) is 0 Å². The number of nitrogens with one attached hydrogen (secondary N) is 1. The van der Waals surface area contributed by atoms with E-state index in [1.807, 2.05) is 4.90 Å². The fourth-order valence-corrected chi connectivity index (χ4v) is 2.90. The number of allylic oxidation sites excluding steroid dienone is 2. The van der Waals surface area contributed by atoms with Gasteiger partial charge < -0.3 is 10.2 Å². The average Bonchev–Trinajstić information content (AvgIpc) is 3.08. The number of likely N-dealkylation sites (N-methyl/N-ethyl adjacent to an activating group) is 1. The molecule has 0 unspecified atom stereocenters. The Morgan fingerprint density at radius 1 is 1.20 bits per heavy atom. The molecule has 1 aliphatic carbocycles. The molecule has 25 heavy (non-hydrogen) atoms. The lowest BCUT2D eigenvalue weighted by atomic mass is 10.2. The number of hydrogen-bond donors (Lipinski definition) is 1. The van der Waals surface area contributed by atoms with Crippen molar-refractivity contribution in [3.05, 3.63) is 41.9 Å². The number of rotatable bonds is 8. The van der Waals surface area contributed by atoms with Crippen molar-refractivity contribution in [3.63, 3.8) is 0 Å². The van der Waals surface area contributed by atoms with Crippen LogP contribution in [0, 0.1) is 5.82 Å². The molecule has 6 heteroatoms. The third-order valence-electron chi connectivity index (χ3n) is 4.06. The van der Waals surface area contributed by atoms with E-state index in [9.17, 15) is 14.0 Å². The first-order chi connectivity index (χ1) is 12.0. The highest BCUT2D eigenvalue weighted by molar-refractivity contribution is 5.92. The average molecular weight is 347 g/mol. The summed E-state index contributed by atoms with van der Waals surface area (Å²) in [5.41, 5.74) is 1.64. The zero-order chi connectivity index (χ0) is 18.2. The van der Waals surface area contributed by atoms with Gasteiger partial charge in [0.05, 0.1) is 13.1 Å². The first kappa shape index (κ1) is 19.1. The van der Waals surface area contributed by atoms with Gasteiger partial charge in [-0.2, -0.15) is 0 Å². The molecule has 1 aromatic rings. The van der Waals surface area contributed by atoms with Crippen LogP contribution in [0.4, 0.5) is 10.1 Å². The number of amides is 2. The van der Waals surface area contributed by atoms with E-state index >= 15 is 0 Å². The molecule has 0 heterocycles. The largest absolute Gasteiger partial charge is 0.325 e. The molecule has 0 atom stereocenters. The third-order valence-corrected chi connectivity index (χ3v) is 4.06. The summed E-state index contributed by atoms with van der Waals surface area (Å²) in [4.78, 5) is 28.2. The topological polar surface area (TPSA) is 52.7 Å². The first-order valence-electron chi connectivity index (χ1n) is 8.73. The summed E-state index contributed by atoms with van der Waals surface area (Å²) in [6, 6.07) is 5.60. The normalized spacial score (nSPS) is 13.7. The van der Waals surface area contributed by atoms with Crippen molar-refractivity contribution in [1.29, 1.82) is 0 Å². The molecule has 0 bridgehead atoms. The highest BCUT2D eigenvalue weighted by atomic mass is 19.1. The lowest BCUT2D eigenvalue weighted by Gasteiger charge is -2.26. The van der Waals surface area contributed by atoms with E-state index in [4.69, 9.17) is 0 Å². The second-order valence-electron chi connectivity index (χ2n) is 6.36. The van der Waals surface area contributed by atoms with E-state index in [1.54, 1.807) is 11.9 Å². The highest BCUT2D eigenvalue weighted by Crippen LogP contribution is 2.22. The predicted molar refractivity (Wildman–Crippen MR) is 96.5 cm³/mol. The van der Waals surface area contributed by atoms with Gasteiger partial charge in [-0.3, -0.25) is 14.5 Å². The van der Waals surface area contributed by atoms with Crippen LogP contribution in [0.1, 0.15) is 32.6 Å². The monoisotopic (exact) mass is 347 g/mol. The summed E-state index contributed by atoms with van der Waals surface area (Å²) in [5.74, 6) is -0.561. The van der Waals surface area contributed by atoms with E-state index < -0.39 is 0 Å². The second-order valence-corrected chi connectivity index (χ2v) is 6.36. The van der Waals surface area contributed by atoms with Crippen molar-refractivity contribution < 1.29 is 14.0 Å². The maximum Gasteiger partial charge on any atom is 0.240 e. The molecule has 0 saturated carbocycles. The molecular weight excluding hydrogens is 321 g/mol. The minimum Gasteiger partial charge on any atom is -0.325 e. The highest BCUT2D eigenvalue weighted by Gasteiger charge is 2.21. The molecule has 0 aromatic heterocycles. The Balaban J connectivity index is 1.84. The second kappa shape index (κ2) is 9.32. The van der Waals surface area contributed by atoms with Crippen LogP contribution >= 0.6 is 0 Å². The Kier molecular flexibility index (Phi) is 7.13. The Bertz CT molecular complexity index is 628. The van der Waals surface area contributed by atoms with Crippen molar-refractivity contribution in [2.24, 2.45) is 0 Å². The standard InChI is InChI=1S/C19H26FN3O2/c1-3-12-23(17-6-4-5-7-17)19(25)14-22(2)13-18(24)21-16-10-8-15(20)9-11-16/h6,8-11H,3-5,7,12-14H2,1-2H3,(H,21,24). The number of halogens is 1. The Hall–Kier alpha value is -2.21. The quantitative estimate of drug-likeness (QED) is 0.786. The molecule has 2 amide bonds. The van der Waals surface area contributed by atoms with E-state index in [1.165, 1.54) is 24.3 Å². The summed E-state index contributed by atoms with van der Waals surface area (Å²) >= 11 is 0. The van der Waals surface area contributed by atoms with E-state index in [0.717, 1.165) is 31.4 Å². The van der Waals surface area contributed by atoms with Crippen LogP contribution in [-0.4, -0.2) is 48.3 Å². The van der Waals surface area contributed by atoms with Gasteiger partial charge in [-0.05, 0) is 57.0 Å². The van der Waals surface area contributed by atoms with Crippen LogP contribution in [0.5, 0.6) is 0 Å². The lowest BCUT2D eigenvalue weighted by molar-refractivity contribution is -0.130. The molecule has 0 spiro atoms. The molecule has 136 valence electrons. The maximum absolute atomic E-state index is 12.9. The number of anilines is 1. The van der Waals surface area contributed by atoms with Gasteiger partial charge in [0, 0.05) is 17.9 Å². The summed E-state index contributed by atoms with van der Waals surface area (Å²) in [5, 5.41) is 2.70. The third kappa shape index (κ3) is 5.98. The van der Waals surface area contributed by atoms with E-state index in [-0.39, 0.29) is 30.7 Å². The molecule has 1 aliphatic rings. The fourth-order valence-electron chi connectivity index (χ4n) is 2.90. The minimum absolute atomic E-state index is 0.0204. The minimum atomic E-state index is -0.349. The molecule has 1 aromatic carbocycles.